The molecular weight excluding hydrogens is 272 g/mol. The highest BCUT2D eigenvalue weighted by molar-refractivity contribution is 4.76. The molecule has 2 unspecified atom stereocenters. The fourth-order valence-electron chi connectivity index (χ4n) is 4.31. The molecule has 2 rings (SSSR count). The van der Waals surface area contributed by atoms with Gasteiger partial charge >= 0.3 is 0 Å². The van der Waals surface area contributed by atoms with Crippen LogP contribution >= 0.6 is 0 Å². The van der Waals surface area contributed by atoms with Gasteiger partial charge in [-0.25, -0.2) is 0 Å². The molecule has 2 aliphatic carbocycles. The molecule has 0 heterocycles. The molecule has 0 bridgehead atoms. The quantitative estimate of drug-likeness (QED) is 0.516. The first-order valence-corrected chi connectivity index (χ1v) is 9.96. The average Bonchev–Trinajstić information content (AvgIpc) is 2.56. The van der Waals surface area contributed by atoms with Crippen molar-refractivity contribution in [2.75, 3.05) is 6.61 Å². The predicted molar refractivity (Wildman–Crippen MR) is 92.9 cm³/mol. The standard InChI is InChI=1S/C20H38O2/c1-4-16(2)19-10-12-20(13-11-19)22-17(3)21-15-14-18-8-6-5-7-9-18/h16-20H,4-15H2,1-3H3. The molecule has 0 aromatic rings. The zero-order chi connectivity index (χ0) is 15.8. The number of ether oxygens (including phenoxy) is 2. The average molecular weight is 311 g/mol. The van der Waals surface area contributed by atoms with E-state index in [1.54, 1.807) is 0 Å². The van der Waals surface area contributed by atoms with E-state index in [2.05, 4.69) is 20.8 Å². The Kier molecular flexibility index (Phi) is 8.24. The number of hydrogen-bond donors (Lipinski definition) is 0. The molecule has 0 saturated heterocycles. The lowest BCUT2D eigenvalue weighted by atomic mass is 9.79. The first-order valence-electron chi connectivity index (χ1n) is 9.96. The van der Waals surface area contributed by atoms with Crippen LogP contribution in [0.25, 0.3) is 0 Å². The van der Waals surface area contributed by atoms with Crippen LogP contribution in [0.15, 0.2) is 0 Å². The van der Waals surface area contributed by atoms with Crippen molar-refractivity contribution in [3.05, 3.63) is 0 Å². The molecule has 22 heavy (non-hydrogen) atoms. The Bertz CT molecular complexity index is 277. The van der Waals surface area contributed by atoms with Gasteiger partial charge in [-0.2, -0.15) is 0 Å². The van der Waals surface area contributed by atoms with Crippen molar-refractivity contribution >= 4 is 0 Å². The van der Waals surface area contributed by atoms with E-state index >= 15 is 0 Å². The highest BCUT2D eigenvalue weighted by atomic mass is 16.7. The van der Waals surface area contributed by atoms with Gasteiger partial charge in [0.15, 0.2) is 6.29 Å². The van der Waals surface area contributed by atoms with Crippen LogP contribution in [0.5, 0.6) is 0 Å². The Morgan fingerprint density at radius 3 is 2.23 bits per heavy atom. The minimum atomic E-state index is -0.0197. The second kappa shape index (κ2) is 9.93. The van der Waals surface area contributed by atoms with E-state index in [1.807, 2.05) is 0 Å². The summed E-state index contributed by atoms with van der Waals surface area (Å²) in [6.45, 7) is 7.69. The number of rotatable bonds is 8. The van der Waals surface area contributed by atoms with E-state index < -0.39 is 0 Å². The Labute approximate surface area is 138 Å². The molecule has 0 N–H and O–H groups in total. The Hall–Kier alpha value is -0.0800. The molecule has 2 atom stereocenters. The Morgan fingerprint density at radius 1 is 0.909 bits per heavy atom. The SMILES string of the molecule is CCC(C)C1CCC(OC(C)OCCC2CCCCC2)CC1. The minimum absolute atomic E-state index is 0.0197. The van der Waals surface area contributed by atoms with Crippen molar-refractivity contribution < 1.29 is 9.47 Å². The summed E-state index contributed by atoms with van der Waals surface area (Å²) in [6.07, 6.45) is 15.2. The zero-order valence-electron chi connectivity index (χ0n) is 15.2. The molecule has 0 amide bonds. The lowest BCUT2D eigenvalue weighted by Crippen LogP contribution is -2.29. The lowest BCUT2D eigenvalue weighted by Gasteiger charge is -2.33. The normalized spacial score (nSPS) is 30.1. The first-order chi connectivity index (χ1) is 10.7. The van der Waals surface area contributed by atoms with E-state index in [0.717, 1.165) is 24.4 Å². The molecule has 2 aliphatic rings. The Morgan fingerprint density at radius 2 is 1.59 bits per heavy atom. The third-order valence-corrected chi connectivity index (χ3v) is 6.16. The van der Waals surface area contributed by atoms with Gasteiger partial charge in [-0.15, -0.1) is 0 Å². The van der Waals surface area contributed by atoms with Crippen LogP contribution in [0.3, 0.4) is 0 Å². The molecule has 0 aromatic carbocycles. The molecule has 2 nitrogen and oxygen atoms in total. The molecule has 2 fully saturated rings. The van der Waals surface area contributed by atoms with Crippen LogP contribution in [0.1, 0.15) is 91.4 Å². The highest BCUT2D eigenvalue weighted by Crippen LogP contribution is 2.33. The summed E-state index contributed by atoms with van der Waals surface area (Å²) in [6, 6.07) is 0. The van der Waals surface area contributed by atoms with Gasteiger partial charge in [-0.3, -0.25) is 0 Å². The molecule has 0 spiro atoms. The topological polar surface area (TPSA) is 18.5 Å². The Balaban J connectivity index is 1.54. The van der Waals surface area contributed by atoms with Crippen molar-refractivity contribution in [3.63, 3.8) is 0 Å². The van der Waals surface area contributed by atoms with Crippen LogP contribution in [-0.4, -0.2) is 19.0 Å². The van der Waals surface area contributed by atoms with E-state index in [0.29, 0.717) is 6.10 Å². The fraction of sp³-hybridized carbons (Fsp3) is 1.00. The minimum Gasteiger partial charge on any atom is -0.353 e. The summed E-state index contributed by atoms with van der Waals surface area (Å²) in [7, 11) is 0. The third-order valence-electron chi connectivity index (χ3n) is 6.16. The summed E-state index contributed by atoms with van der Waals surface area (Å²) in [5, 5.41) is 0. The van der Waals surface area contributed by atoms with Gasteiger partial charge in [0.2, 0.25) is 0 Å². The predicted octanol–water partition coefficient (Wildman–Crippen LogP) is 5.94. The summed E-state index contributed by atoms with van der Waals surface area (Å²) >= 11 is 0. The van der Waals surface area contributed by atoms with Gasteiger partial charge in [0.25, 0.3) is 0 Å². The summed E-state index contributed by atoms with van der Waals surface area (Å²) in [4.78, 5) is 0. The van der Waals surface area contributed by atoms with Crippen LogP contribution in [-0.2, 0) is 9.47 Å². The summed E-state index contributed by atoms with van der Waals surface area (Å²) in [5.41, 5.74) is 0. The largest absolute Gasteiger partial charge is 0.353 e. The van der Waals surface area contributed by atoms with Crippen molar-refractivity contribution in [1.29, 1.82) is 0 Å². The van der Waals surface area contributed by atoms with Gasteiger partial charge in [-0.1, -0.05) is 52.4 Å². The third kappa shape index (κ3) is 6.20. The molecule has 0 aliphatic heterocycles. The van der Waals surface area contributed by atoms with Crippen molar-refractivity contribution in [2.24, 2.45) is 17.8 Å². The maximum Gasteiger partial charge on any atom is 0.155 e. The van der Waals surface area contributed by atoms with Gasteiger partial charge < -0.3 is 9.47 Å². The van der Waals surface area contributed by atoms with Crippen molar-refractivity contribution in [2.45, 2.75) is 104 Å². The lowest BCUT2D eigenvalue weighted by molar-refractivity contribution is -0.170. The van der Waals surface area contributed by atoms with Gasteiger partial charge in [-0.05, 0) is 56.8 Å². The first kappa shape index (κ1) is 18.3. The van der Waals surface area contributed by atoms with Gasteiger partial charge in [0.05, 0.1) is 6.10 Å². The summed E-state index contributed by atoms with van der Waals surface area (Å²) in [5.74, 6) is 2.71. The monoisotopic (exact) mass is 310 g/mol. The number of hydrogen-bond acceptors (Lipinski definition) is 2. The smallest absolute Gasteiger partial charge is 0.155 e. The zero-order valence-corrected chi connectivity index (χ0v) is 15.2. The van der Waals surface area contributed by atoms with Crippen LogP contribution in [0.2, 0.25) is 0 Å². The molecule has 2 heteroatoms. The van der Waals surface area contributed by atoms with Gasteiger partial charge in [0, 0.05) is 6.61 Å². The van der Waals surface area contributed by atoms with Gasteiger partial charge in [0.1, 0.15) is 0 Å². The molecule has 0 radical (unpaired) electrons. The summed E-state index contributed by atoms with van der Waals surface area (Å²) < 4.78 is 12.0. The molecule has 2 saturated carbocycles. The van der Waals surface area contributed by atoms with E-state index in [9.17, 15) is 0 Å². The van der Waals surface area contributed by atoms with Crippen molar-refractivity contribution in [3.8, 4) is 0 Å². The second-order valence-electron chi connectivity index (χ2n) is 7.79. The molecule has 130 valence electrons. The maximum absolute atomic E-state index is 6.12. The fourth-order valence-corrected chi connectivity index (χ4v) is 4.31. The van der Waals surface area contributed by atoms with E-state index in [-0.39, 0.29) is 6.29 Å². The second-order valence-corrected chi connectivity index (χ2v) is 7.79. The van der Waals surface area contributed by atoms with E-state index in [4.69, 9.17) is 9.47 Å². The van der Waals surface area contributed by atoms with Crippen LogP contribution in [0, 0.1) is 17.8 Å². The van der Waals surface area contributed by atoms with Crippen molar-refractivity contribution in [1.82, 2.24) is 0 Å². The van der Waals surface area contributed by atoms with Crippen LogP contribution in [0.4, 0.5) is 0 Å². The van der Waals surface area contributed by atoms with Crippen LogP contribution < -0.4 is 0 Å². The highest BCUT2D eigenvalue weighted by Gasteiger charge is 2.26. The molecular formula is C20H38O2. The molecule has 0 aromatic heterocycles. The maximum atomic E-state index is 6.12. The van der Waals surface area contributed by atoms with E-state index in [1.165, 1.54) is 70.6 Å².